The Kier molecular flexibility index (Phi) is 6.43. The number of rotatable bonds is 6. The summed E-state index contributed by atoms with van der Waals surface area (Å²) in [4.78, 5) is 25.5. The number of aryl methyl sites for hydroxylation is 1. The molecule has 0 spiro atoms. The summed E-state index contributed by atoms with van der Waals surface area (Å²) in [5.74, 6) is -0.0766. The highest BCUT2D eigenvalue weighted by Gasteiger charge is 2.15. The largest absolute Gasteiger partial charge is 0.497 e. The van der Waals surface area contributed by atoms with Gasteiger partial charge in [-0.05, 0) is 55.0 Å². The van der Waals surface area contributed by atoms with Gasteiger partial charge in [0.25, 0.3) is 11.8 Å². The first-order valence-corrected chi connectivity index (χ1v) is 9.15. The van der Waals surface area contributed by atoms with Crippen molar-refractivity contribution in [2.45, 2.75) is 6.92 Å². The van der Waals surface area contributed by atoms with E-state index in [1.807, 2.05) is 49.4 Å². The van der Waals surface area contributed by atoms with Crippen LogP contribution in [0.3, 0.4) is 0 Å². The van der Waals surface area contributed by atoms with Gasteiger partial charge in [-0.2, -0.15) is 0 Å². The van der Waals surface area contributed by atoms with Crippen molar-refractivity contribution in [1.82, 2.24) is 5.32 Å². The van der Waals surface area contributed by atoms with Gasteiger partial charge in [0.05, 0.1) is 7.11 Å². The quantitative estimate of drug-likeness (QED) is 0.617. The molecule has 5 nitrogen and oxygen atoms in total. The molecule has 3 aromatic carbocycles. The fourth-order valence-corrected chi connectivity index (χ4v) is 2.65. The first-order valence-electron chi connectivity index (χ1n) is 9.15. The van der Waals surface area contributed by atoms with Crippen LogP contribution in [0, 0.1) is 6.92 Å². The van der Waals surface area contributed by atoms with E-state index in [1.165, 1.54) is 0 Å². The molecule has 5 heteroatoms. The van der Waals surface area contributed by atoms with E-state index >= 15 is 0 Å². The maximum Gasteiger partial charge on any atom is 0.272 e. The minimum Gasteiger partial charge on any atom is -0.497 e. The number of anilines is 1. The van der Waals surface area contributed by atoms with Crippen LogP contribution in [-0.2, 0) is 4.79 Å². The second-order valence-electron chi connectivity index (χ2n) is 6.47. The average Bonchev–Trinajstić information content (AvgIpc) is 2.75. The zero-order valence-electron chi connectivity index (χ0n) is 16.3. The predicted molar refractivity (Wildman–Crippen MR) is 115 cm³/mol. The van der Waals surface area contributed by atoms with Gasteiger partial charge in [0.2, 0.25) is 0 Å². The molecule has 0 unspecified atom stereocenters. The van der Waals surface area contributed by atoms with Crippen molar-refractivity contribution in [3.63, 3.8) is 0 Å². The highest BCUT2D eigenvalue weighted by molar-refractivity contribution is 6.10. The molecule has 0 aliphatic carbocycles. The summed E-state index contributed by atoms with van der Waals surface area (Å²) < 4.78 is 5.13. The minimum absolute atomic E-state index is 0.151. The highest BCUT2D eigenvalue weighted by atomic mass is 16.5. The topological polar surface area (TPSA) is 67.4 Å². The molecule has 0 saturated heterocycles. The molecule has 0 atom stereocenters. The Hall–Kier alpha value is -3.86. The number of carbonyl (C=O) groups is 2. The van der Waals surface area contributed by atoms with Gasteiger partial charge in [0.1, 0.15) is 11.4 Å². The molecule has 0 bridgehead atoms. The van der Waals surface area contributed by atoms with Crippen LogP contribution in [0.5, 0.6) is 5.75 Å². The van der Waals surface area contributed by atoms with E-state index in [9.17, 15) is 9.59 Å². The Morgan fingerprint density at radius 2 is 1.52 bits per heavy atom. The number of amides is 2. The summed E-state index contributed by atoms with van der Waals surface area (Å²) in [5.41, 5.74) is 3.08. The van der Waals surface area contributed by atoms with Crippen molar-refractivity contribution < 1.29 is 14.3 Å². The molecular weight excluding hydrogens is 364 g/mol. The van der Waals surface area contributed by atoms with E-state index < -0.39 is 5.91 Å². The zero-order chi connectivity index (χ0) is 20.6. The summed E-state index contributed by atoms with van der Waals surface area (Å²) >= 11 is 0. The molecule has 2 N–H and O–H groups in total. The average molecular weight is 386 g/mol. The summed E-state index contributed by atoms with van der Waals surface area (Å²) in [6.45, 7) is 1.95. The van der Waals surface area contributed by atoms with Crippen LogP contribution < -0.4 is 15.4 Å². The molecular formula is C24H22N2O3. The number of methoxy groups -OCH3 is 1. The number of carbonyl (C=O) groups excluding carboxylic acids is 2. The molecule has 0 saturated carbocycles. The normalized spacial score (nSPS) is 10.9. The third-order valence-electron chi connectivity index (χ3n) is 4.27. The van der Waals surface area contributed by atoms with Crippen LogP contribution in [0.2, 0.25) is 0 Å². The van der Waals surface area contributed by atoms with E-state index in [0.717, 1.165) is 11.1 Å². The molecule has 3 rings (SSSR count). The SMILES string of the molecule is COc1ccc(NC(=O)C(=Cc2ccccc2)NC(=O)c2ccc(C)cc2)cc1. The second kappa shape index (κ2) is 9.37. The van der Waals surface area contributed by atoms with Gasteiger partial charge >= 0.3 is 0 Å². The fraction of sp³-hybridized carbons (Fsp3) is 0.0833. The summed E-state index contributed by atoms with van der Waals surface area (Å²) in [6.07, 6.45) is 1.64. The number of hydrogen-bond donors (Lipinski definition) is 2. The third kappa shape index (κ3) is 5.56. The Labute approximate surface area is 170 Å². The van der Waals surface area contributed by atoms with E-state index in [0.29, 0.717) is 17.0 Å². The molecule has 0 aromatic heterocycles. The van der Waals surface area contributed by atoms with E-state index in [4.69, 9.17) is 4.74 Å². The van der Waals surface area contributed by atoms with Gasteiger partial charge in [0.15, 0.2) is 0 Å². The van der Waals surface area contributed by atoms with Gasteiger partial charge in [0, 0.05) is 11.3 Å². The molecule has 0 heterocycles. The Morgan fingerprint density at radius 3 is 2.14 bits per heavy atom. The van der Waals surface area contributed by atoms with Crippen LogP contribution in [0.25, 0.3) is 6.08 Å². The van der Waals surface area contributed by atoms with Crippen molar-refractivity contribution >= 4 is 23.6 Å². The van der Waals surface area contributed by atoms with E-state index in [2.05, 4.69) is 10.6 Å². The Balaban J connectivity index is 1.83. The van der Waals surface area contributed by atoms with Crippen molar-refractivity contribution in [2.75, 3.05) is 12.4 Å². The third-order valence-corrected chi connectivity index (χ3v) is 4.27. The summed E-state index contributed by atoms with van der Waals surface area (Å²) in [6, 6.07) is 23.5. The summed E-state index contributed by atoms with van der Waals surface area (Å²) in [5, 5.41) is 5.53. The monoisotopic (exact) mass is 386 g/mol. The number of hydrogen-bond acceptors (Lipinski definition) is 3. The maximum absolute atomic E-state index is 12.9. The molecule has 3 aromatic rings. The molecule has 0 aliphatic rings. The predicted octanol–water partition coefficient (Wildman–Crippen LogP) is 4.41. The van der Waals surface area contributed by atoms with E-state index in [1.54, 1.807) is 49.6 Å². The fourth-order valence-electron chi connectivity index (χ4n) is 2.65. The zero-order valence-corrected chi connectivity index (χ0v) is 16.3. The highest BCUT2D eigenvalue weighted by Crippen LogP contribution is 2.16. The number of ether oxygens (including phenoxy) is 1. The van der Waals surface area contributed by atoms with Crippen LogP contribution >= 0.6 is 0 Å². The van der Waals surface area contributed by atoms with Crippen LogP contribution in [0.1, 0.15) is 21.5 Å². The van der Waals surface area contributed by atoms with Gasteiger partial charge in [-0.25, -0.2) is 0 Å². The van der Waals surface area contributed by atoms with Gasteiger partial charge < -0.3 is 15.4 Å². The molecule has 146 valence electrons. The lowest BCUT2D eigenvalue weighted by atomic mass is 10.1. The lowest BCUT2D eigenvalue weighted by molar-refractivity contribution is -0.113. The first-order chi connectivity index (χ1) is 14.0. The molecule has 29 heavy (non-hydrogen) atoms. The lowest BCUT2D eigenvalue weighted by Crippen LogP contribution is -2.30. The molecule has 0 radical (unpaired) electrons. The van der Waals surface area contributed by atoms with Crippen molar-refractivity contribution in [2.24, 2.45) is 0 Å². The first kappa shape index (κ1) is 19.9. The maximum atomic E-state index is 12.9. The van der Waals surface area contributed by atoms with Crippen molar-refractivity contribution in [1.29, 1.82) is 0 Å². The van der Waals surface area contributed by atoms with Crippen LogP contribution in [0.15, 0.2) is 84.6 Å². The number of nitrogens with one attached hydrogen (secondary N) is 2. The Morgan fingerprint density at radius 1 is 0.862 bits per heavy atom. The van der Waals surface area contributed by atoms with Gasteiger partial charge in [-0.15, -0.1) is 0 Å². The molecule has 0 fully saturated rings. The van der Waals surface area contributed by atoms with Crippen LogP contribution in [0.4, 0.5) is 5.69 Å². The molecule has 2 amide bonds. The van der Waals surface area contributed by atoms with E-state index in [-0.39, 0.29) is 11.6 Å². The lowest BCUT2D eigenvalue weighted by Gasteiger charge is -2.12. The number of benzene rings is 3. The Bertz CT molecular complexity index is 1010. The van der Waals surface area contributed by atoms with Crippen LogP contribution in [-0.4, -0.2) is 18.9 Å². The second-order valence-corrected chi connectivity index (χ2v) is 6.47. The van der Waals surface area contributed by atoms with Gasteiger partial charge in [-0.3, -0.25) is 9.59 Å². The summed E-state index contributed by atoms with van der Waals surface area (Å²) in [7, 11) is 1.58. The van der Waals surface area contributed by atoms with Gasteiger partial charge in [-0.1, -0.05) is 48.0 Å². The molecule has 0 aliphatic heterocycles. The smallest absolute Gasteiger partial charge is 0.272 e. The van der Waals surface area contributed by atoms with Crippen molar-refractivity contribution in [3.05, 3.63) is 101 Å². The minimum atomic E-state index is -0.417. The standard InChI is InChI=1S/C24H22N2O3/c1-17-8-10-19(11-9-17)23(27)26-22(16-18-6-4-3-5-7-18)24(28)25-20-12-14-21(29-2)15-13-20/h3-16H,1-2H3,(H,25,28)(H,26,27). The van der Waals surface area contributed by atoms with Crippen molar-refractivity contribution in [3.8, 4) is 5.75 Å².